The summed E-state index contributed by atoms with van der Waals surface area (Å²) < 4.78 is 0. The number of carbonyl (C=O) groups excluding carboxylic acids is 1. The topological polar surface area (TPSA) is 155 Å². The Kier molecular flexibility index (Phi) is 5.54. The van der Waals surface area contributed by atoms with Gasteiger partial charge in [-0.25, -0.2) is 0 Å². The maximum Gasteiger partial charge on any atom is 0.277 e. The number of hydrogen-bond donors (Lipinski definition) is 2. The number of nitrogen functional groups attached to an aromatic ring is 1. The standard InChI is InChI=1S/C14H11N.C7H5N3O5/c15-14-7-3-6-12-11-5-2-1-4-10(11)8-9-13(12)14;8-7(11)4-1-5(9(12)13)3-6(2-4)10(14)15/h1-9H,15H2;1-3H,(H2,8,11). The number of hydrogen-bond acceptors (Lipinski definition) is 6. The smallest absolute Gasteiger partial charge is 0.277 e. The molecule has 0 atom stereocenters. The molecular formula is C21H16N4O5. The predicted molar refractivity (Wildman–Crippen MR) is 114 cm³/mol. The molecule has 4 aromatic rings. The van der Waals surface area contributed by atoms with E-state index in [1.165, 1.54) is 16.2 Å². The summed E-state index contributed by atoms with van der Waals surface area (Å²) in [6, 6.07) is 21.2. The van der Waals surface area contributed by atoms with Gasteiger partial charge in [-0.3, -0.25) is 25.0 Å². The highest BCUT2D eigenvalue weighted by atomic mass is 16.6. The molecule has 0 heterocycles. The first-order valence-corrected chi connectivity index (χ1v) is 8.67. The molecule has 0 fully saturated rings. The molecule has 0 aliphatic heterocycles. The van der Waals surface area contributed by atoms with E-state index in [0.29, 0.717) is 0 Å². The second-order valence-corrected chi connectivity index (χ2v) is 6.35. The average Bonchev–Trinajstić information content (AvgIpc) is 2.74. The van der Waals surface area contributed by atoms with Crippen LogP contribution in [0.5, 0.6) is 0 Å². The van der Waals surface area contributed by atoms with Crippen molar-refractivity contribution in [1.82, 2.24) is 0 Å². The molecule has 4 rings (SSSR count). The Labute approximate surface area is 169 Å². The summed E-state index contributed by atoms with van der Waals surface area (Å²) in [4.78, 5) is 29.8. The number of benzene rings is 4. The molecule has 30 heavy (non-hydrogen) atoms. The van der Waals surface area contributed by atoms with Crippen molar-refractivity contribution in [3.63, 3.8) is 0 Å². The van der Waals surface area contributed by atoms with E-state index >= 15 is 0 Å². The lowest BCUT2D eigenvalue weighted by Gasteiger charge is -2.05. The first-order valence-electron chi connectivity index (χ1n) is 8.67. The maximum atomic E-state index is 10.7. The lowest BCUT2D eigenvalue weighted by atomic mass is 10.0. The summed E-state index contributed by atoms with van der Waals surface area (Å²) in [6.45, 7) is 0. The molecule has 4 N–H and O–H groups in total. The first kappa shape index (κ1) is 20.2. The number of nitrogens with two attached hydrogens (primary N) is 2. The fourth-order valence-corrected chi connectivity index (χ4v) is 3.01. The van der Waals surface area contributed by atoms with Gasteiger partial charge in [-0.15, -0.1) is 0 Å². The third-order valence-electron chi connectivity index (χ3n) is 4.43. The Morgan fingerprint density at radius 3 is 1.93 bits per heavy atom. The number of rotatable bonds is 3. The van der Waals surface area contributed by atoms with Crippen LogP contribution in [0.25, 0.3) is 21.5 Å². The van der Waals surface area contributed by atoms with Gasteiger partial charge in [-0.05, 0) is 22.2 Å². The van der Waals surface area contributed by atoms with E-state index in [-0.39, 0.29) is 5.56 Å². The molecule has 0 spiro atoms. The van der Waals surface area contributed by atoms with Gasteiger partial charge in [0.1, 0.15) is 0 Å². The molecule has 0 radical (unpaired) electrons. The summed E-state index contributed by atoms with van der Waals surface area (Å²) >= 11 is 0. The molecule has 0 aliphatic carbocycles. The van der Waals surface area contributed by atoms with E-state index in [2.05, 4.69) is 42.5 Å². The summed E-state index contributed by atoms with van der Waals surface area (Å²) in [5.41, 5.74) is 10.3. The highest BCUT2D eigenvalue weighted by Crippen LogP contribution is 2.28. The molecule has 0 saturated heterocycles. The number of nitro benzene ring substituents is 2. The van der Waals surface area contributed by atoms with Gasteiger partial charge < -0.3 is 11.5 Å². The van der Waals surface area contributed by atoms with Crippen molar-refractivity contribution < 1.29 is 14.6 Å². The zero-order chi connectivity index (χ0) is 21.8. The van der Waals surface area contributed by atoms with Crippen molar-refractivity contribution in [2.45, 2.75) is 0 Å². The van der Waals surface area contributed by atoms with Crippen molar-refractivity contribution in [2.24, 2.45) is 5.73 Å². The van der Waals surface area contributed by atoms with Gasteiger partial charge in [0.05, 0.1) is 21.5 Å². The Bertz CT molecular complexity index is 1220. The van der Waals surface area contributed by atoms with Crippen molar-refractivity contribution in [3.05, 3.63) is 98.6 Å². The SMILES string of the molecule is NC(=O)c1cc([N+](=O)[O-])cc([N+](=O)[O-])c1.Nc1cccc2c1ccc1ccccc12. The van der Waals surface area contributed by atoms with Crippen LogP contribution in [-0.2, 0) is 0 Å². The Morgan fingerprint density at radius 1 is 0.733 bits per heavy atom. The van der Waals surface area contributed by atoms with Crippen LogP contribution < -0.4 is 11.5 Å². The van der Waals surface area contributed by atoms with Gasteiger partial charge in [-0.2, -0.15) is 0 Å². The molecular weight excluding hydrogens is 388 g/mol. The first-order chi connectivity index (χ1) is 14.3. The summed E-state index contributed by atoms with van der Waals surface area (Å²) in [7, 11) is 0. The molecule has 150 valence electrons. The number of non-ortho nitro benzene ring substituents is 2. The van der Waals surface area contributed by atoms with Crippen molar-refractivity contribution in [3.8, 4) is 0 Å². The van der Waals surface area contributed by atoms with Crippen LogP contribution in [0.2, 0.25) is 0 Å². The third kappa shape index (κ3) is 4.14. The lowest BCUT2D eigenvalue weighted by Crippen LogP contribution is -2.11. The van der Waals surface area contributed by atoms with Crippen LogP contribution in [0.3, 0.4) is 0 Å². The van der Waals surface area contributed by atoms with E-state index in [0.717, 1.165) is 29.3 Å². The molecule has 4 aromatic carbocycles. The number of amides is 1. The minimum Gasteiger partial charge on any atom is -0.398 e. The fraction of sp³-hybridized carbons (Fsp3) is 0. The molecule has 0 unspecified atom stereocenters. The quantitative estimate of drug-likeness (QED) is 0.226. The monoisotopic (exact) mass is 404 g/mol. The second-order valence-electron chi connectivity index (χ2n) is 6.35. The van der Waals surface area contributed by atoms with Crippen molar-refractivity contribution >= 4 is 44.5 Å². The lowest BCUT2D eigenvalue weighted by molar-refractivity contribution is -0.394. The van der Waals surface area contributed by atoms with E-state index in [1.807, 2.05) is 12.1 Å². The highest BCUT2D eigenvalue weighted by Gasteiger charge is 2.18. The van der Waals surface area contributed by atoms with E-state index in [9.17, 15) is 25.0 Å². The largest absolute Gasteiger partial charge is 0.398 e. The fourth-order valence-electron chi connectivity index (χ4n) is 3.01. The minimum atomic E-state index is -0.957. The van der Waals surface area contributed by atoms with E-state index in [4.69, 9.17) is 11.5 Å². The van der Waals surface area contributed by atoms with Crippen LogP contribution in [0.15, 0.2) is 72.8 Å². The number of nitrogens with zero attached hydrogens (tertiary/aromatic N) is 2. The number of anilines is 1. The maximum absolute atomic E-state index is 10.7. The zero-order valence-electron chi connectivity index (χ0n) is 15.5. The normalized spacial score (nSPS) is 10.3. The minimum absolute atomic E-state index is 0.268. The number of primary amides is 1. The van der Waals surface area contributed by atoms with E-state index < -0.39 is 27.1 Å². The molecule has 0 aliphatic rings. The van der Waals surface area contributed by atoms with Gasteiger partial charge >= 0.3 is 0 Å². The van der Waals surface area contributed by atoms with Gasteiger partial charge in [0.15, 0.2) is 0 Å². The third-order valence-corrected chi connectivity index (χ3v) is 4.43. The van der Waals surface area contributed by atoms with Crippen LogP contribution in [-0.4, -0.2) is 15.8 Å². The Hall–Kier alpha value is -4.53. The second kappa shape index (κ2) is 8.23. The molecule has 0 aromatic heterocycles. The van der Waals surface area contributed by atoms with Gasteiger partial charge in [0.2, 0.25) is 5.91 Å². The van der Waals surface area contributed by atoms with Crippen molar-refractivity contribution in [2.75, 3.05) is 5.73 Å². The number of carbonyl (C=O) groups is 1. The van der Waals surface area contributed by atoms with Crippen LogP contribution >= 0.6 is 0 Å². The average molecular weight is 404 g/mol. The molecule has 0 bridgehead atoms. The highest BCUT2D eigenvalue weighted by molar-refractivity contribution is 6.10. The molecule has 9 heteroatoms. The predicted octanol–water partition coefficient (Wildman–Crippen LogP) is 4.18. The molecule has 1 amide bonds. The van der Waals surface area contributed by atoms with E-state index in [1.54, 1.807) is 0 Å². The van der Waals surface area contributed by atoms with Gasteiger partial charge in [0, 0.05) is 23.2 Å². The summed E-state index contributed by atoms with van der Waals surface area (Å²) in [5, 5.41) is 25.7. The van der Waals surface area contributed by atoms with Crippen LogP contribution in [0.1, 0.15) is 10.4 Å². The van der Waals surface area contributed by atoms with Crippen LogP contribution in [0.4, 0.5) is 17.1 Å². The van der Waals surface area contributed by atoms with Crippen LogP contribution in [0, 0.1) is 20.2 Å². The summed E-state index contributed by atoms with van der Waals surface area (Å²) in [5.74, 6) is -0.957. The van der Waals surface area contributed by atoms with Crippen molar-refractivity contribution in [1.29, 1.82) is 0 Å². The summed E-state index contributed by atoms with van der Waals surface area (Å²) in [6.07, 6.45) is 0. The van der Waals surface area contributed by atoms with Gasteiger partial charge in [0.25, 0.3) is 11.4 Å². The number of fused-ring (bicyclic) bond motifs is 3. The Balaban J connectivity index is 0.000000171. The van der Waals surface area contributed by atoms with Gasteiger partial charge in [-0.1, -0.05) is 48.5 Å². The Morgan fingerprint density at radius 2 is 1.33 bits per heavy atom. The molecule has 9 nitrogen and oxygen atoms in total. The zero-order valence-corrected chi connectivity index (χ0v) is 15.5. The molecule has 0 saturated carbocycles. The number of nitro groups is 2.